The van der Waals surface area contributed by atoms with E-state index in [4.69, 9.17) is 15.2 Å². The van der Waals surface area contributed by atoms with Crippen molar-refractivity contribution in [2.75, 3.05) is 38.2 Å². The van der Waals surface area contributed by atoms with Gasteiger partial charge in [0.1, 0.15) is 5.00 Å². The van der Waals surface area contributed by atoms with Gasteiger partial charge in [-0.3, -0.25) is 14.4 Å². The lowest BCUT2D eigenvalue weighted by Crippen LogP contribution is -2.40. The van der Waals surface area contributed by atoms with Crippen LogP contribution in [0.4, 0.5) is 9.80 Å². The molecule has 2 aromatic rings. The number of thiophene rings is 1. The van der Waals surface area contributed by atoms with Gasteiger partial charge < -0.3 is 25.4 Å². The number of esters is 1. The summed E-state index contributed by atoms with van der Waals surface area (Å²) in [4.78, 5) is 51.7. The summed E-state index contributed by atoms with van der Waals surface area (Å²) < 4.78 is 37.7. The molecule has 0 radical (unpaired) electrons. The van der Waals surface area contributed by atoms with Gasteiger partial charge in [-0.05, 0) is 62.9 Å². The number of anilines is 1. The smallest absolute Gasteiger partial charge is 0.410 e. The minimum atomic E-state index is -3.81. The molecule has 216 valence electrons. The highest BCUT2D eigenvalue weighted by molar-refractivity contribution is 7.89. The third-order valence-corrected chi connectivity index (χ3v) is 9.93. The van der Waals surface area contributed by atoms with E-state index in [-0.39, 0.29) is 65.8 Å². The Morgan fingerprint density at radius 2 is 1.68 bits per heavy atom. The summed E-state index contributed by atoms with van der Waals surface area (Å²) in [5.74, 6) is -1.86. The largest absolute Gasteiger partial charge is 0.466 e. The minimum Gasteiger partial charge on any atom is -0.466 e. The van der Waals surface area contributed by atoms with Gasteiger partial charge in [-0.15, -0.1) is 11.3 Å². The Balaban J connectivity index is 1.45. The monoisotopic (exact) mass is 592 g/mol. The number of nitrogens with one attached hydrogen (secondary N) is 1. The molecule has 1 aromatic carbocycles. The van der Waals surface area contributed by atoms with Gasteiger partial charge in [-0.2, -0.15) is 4.31 Å². The molecule has 1 aromatic heterocycles. The lowest BCUT2D eigenvalue weighted by Gasteiger charge is -2.30. The summed E-state index contributed by atoms with van der Waals surface area (Å²) in [7, 11) is -3.81. The Labute approximate surface area is 236 Å². The van der Waals surface area contributed by atoms with Gasteiger partial charge in [0.15, 0.2) is 0 Å². The van der Waals surface area contributed by atoms with E-state index in [2.05, 4.69) is 5.32 Å². The molecule has 12 nitrogen and oxygen atoms in total. The van der Waals surface area contributed by atoms with Crippen LogP contribution in [0.25, 0.3) is 0 Å². The van der Waals surface area contributed by atoms with Crippen molar-refractivity contribution < 1.29 is 37.1 Å². The van der Waals surface area contributed by atoms with Crippen LogP contribution >= 0.6 is 11.3 Å². The Morgan fingerprint density at radius 3 is 2.27 bits per heavy atom. The molecule has 4 rings (SSSR count). The molecular formula is C26H32N4O8S2. The molecule has 1 fully saturated rings. The minimum absolute atomic E-state index is 0.0297. The van der Waals surface area contributed by atoms with Crippen LogP contribution in [0.2, 0.25) is 0 Å². The lowest BCUT2D eigenvalue weighted by atomic mass is 9.98. The van der Waals surface area contributed by atoms with Gasteiger partial charge in [-0.1, -0.05) is 0 Å². The van der Waals surface area contributed by atoms with E-state index in [1.54, 1.807) is 13.8 Å². The van der Waals surface area contributed by atoms with E-state index in [0.717, 1.165) is 4.88 Å². The van der Waals surface area contributed by atoms with Crippen LogP contribution < -0.4 is 11.1 Å². The number of hydrogen-bond acceptors (Lipinski definition) is 9. The standard InChI is InChI=1S/C26H32N4O8S2/c1-3-37-25(33)17-9-13-30(14-10-17)40(35,36)18-7-5-16(6-8-18)23(32)28-24-21(22(27)31)19-11-12-29(15-20(19)39-24)26(34)38-4-2/h5-8,17H,3-4,9-15H2,1-2H3,(H2,27,31)(H,28,32). The van der Waals surface area contributed by atoms with Crippen LogP contribution in [0, 0.1) is 5.92 Å². The number of rotatable bonds is 8. The fourth-order valence-electron chi connectivity index (χ4n) is 4.82. The summed E-state index contributed by atoms with van der Waals surface area (Å²) in [6.07, 6.45) is 0.695. The van der Waals surface area contributed by atoms with Gasteiger partial charge in [0.2, 0.25) is 10.0 Å². The number of hydrogen-bond donors (Lipinski definition) is 2. The second-order valence-corrected chi connectivity index (χ2v) is 12.4. The quantitative estimate of drug-likeness (QED) is 0.442. The van der Waals surface area contributed by atoms with Gasteiger partial charge in [-0.25, -0.2) is 13.2 Å². The van der Waals surface area contributed by atoms with Crippen molar-refractivity contribution >= 4 is 50.2 Å². The molecule has 3 N–H and O–H groups in total. The van der Waals surface area contributed by atoms with Crippen LogP contribution in [-0.4, -0.2) is 74.3 Å². The number of ether oxygens (including phenoxy) is 2. The predicted octanol–water partition coefficient (Wildman–Crippen LogP) is 2.58. The molecule has 0 saturated carbocycles. The fraction of sp³-hybridized carbons (Fsp3) is 0.462. The van der Waals surface area contributed by atoms with Crippen molar-refractivity contribution in [1.29, 1.82) is 0 Å². The molecule has 0 aliphatic carbocycles. The summed E-state index contributed by atoms with van der Waals surface area (Å²) in [5, 5.41) is 2.99. The fourth-order valence-corrected chi connectivity index (χ4v) is 7.55. The molecule has 2 aliphatic rings. The zero-order valence-corrected chi connectivity index (χ0v) is 23.9. The van der Waals surface area contributed by atoms with Crippen molar-refractivity contribution in [3.8, 4) is 0 Å². The highest BCUT2D eigenvalue weighted by Gasteiger charge is 2.33. The average Bonchev–Trinajstić information content (AvgIpc) is 3.30. The summed E-state index contributed by atoms with van der Waals surface area (Å²) in [6, 6.07) is 5.50. The maximum absolute atomic E-state index is 13.1. The van der Waals surface area contributed by atoms with Crippen molar-refractivity contribution in [3.05, 3.63) is 45.8 Å². The number of amides is 3. The number of nitrogens with two attached hydrogens (primary N) is 1. The normalized spacial score (nSPS) is 16.2. The number of benzene rings is 1. The molecule has 0 atom stereocenters. The predicted molar refractivity (Wildman–Crippen MR) is 146 cm³/mol. The van der Waals surface area contributed by atoms with E-state index >= 15 is 0 Å². The highest BCUT2D eigenvalue weighted by Crippen LogP contribution is 2.37. The average molecular weight is 593 g/mol. The number of nitrogens with zero attached hydrogens (tertiary/aromatic N) is 2. The first-order chi connectivity index (χ1) is 19.1. The van der Waals surface area contributed by atoms with Crippen LogP contribution in [0.1, 0.15) is 57.8 Å². The van der Waals surface area contributed by atoms with Crippen molar-refractivity contribution in [2.24, 2.45) is 11.7 Å². The zero-order valence-electron chi connectivity index (χ0n) is 22.3. The maximum atomic E-state index is 13.1. The molecule has 0 bridgehead atoms. The number of piperidine rings is 1. The van der Waals surface area contributed by atoms with Gasteiger partial charge in [0, 0.05) is 30.1 Å². The second kappa shape index (κ2) is 12.4. The van der Waals surface area contributed by atoms with E-state index < -0.39 is 27.9 Å². The maximum Gasteiger partial charge on any atom is 0.410 e. The topological polar surface area (TPSA) is 165 Å². The number of primary amides is 1. The van der Waals surface area contributed by atoms with Crippen LogP contribution in [-0.2, 0) is 37.3 Å². The zero-order chi connectivity index (χ0) is 29.0. The van der Waals surface area contributed by atoms with E-state index in [1.165, 1.54) is 44.8 Å². The Hall–Kier alpha value is -3.49. The molecular weight excluding hydrogens is 560 g/mol. The summed E-state index contributed by atoms with van der Waals surface area (Å²) in [6.45, 7) is 4.95. The van der Waals surface area contributed by atoms with Crippen molar-refractivity contribution in [1.82, 2.24) is 9.21 Å². The lowest BCUT2D eigenvalue weighted by molar-refractivity contribution is -0.149. The van der Waals surface area contributed by atoms with E-state index in [0.29, 0.717) is 31.4 Å². The van der Waals surface area contributed by atoms with Crippen molar-refractivity contribution in [2.45, 2.75) is 44.6 Å². The van der Waals surface area contributed by atoms with Crippen LogP contribution in [0.5, 0.6) is 0 Å². The van der Waals surface area contributed by atoms with Gasteiger partial charge >= 0.3 is 12.1 Å². The first kappa shape index (κ1) is 29.5. The molecule has 1 saturated heterocycles. The number of sulfonamides is 1. The van der Waals surface area contributed by atoms with Gasteiger partial charge in [0.25, 0.3) is 11.8 Å². The Kier molecular flexibility index (Phi) is 9.11. The number of carbonyl (C=O) groups excluding carboxylic acids is 4. The summed E-state index contributed by atoms with van der Waals surface area (Å²) >= 11 is 1.17. The van der Waals surface area contributed by atoms with E-state index in [1.807, 2.05) is 0 Å². The third-order valence-electron chi connectivity index (χ3n) is 6.88. The Morgan fingerprint density at radius 1 is 1.02 bits per heavy atom. The SMILES string of the molecule is CCOC(=O)C1CCN(S(=O)(=O)c2ccc(C(=O)Nc3sc4c(c3C(N)=O)CCN(C(=O)OCC)C4)cc2)CC1. The van der Waals surface area contributed by atoms with Gasteiger partial charge in [0.05, 0.1) is 36.1 Å². The molecule has 2 aliphatic heterocycles. The number of fused-ring (bicyclic) bond motifs is 1. The first-order valence-electron chi connectivity index (χ1n) is 13.0. The highest BCUT2D eigenvalue weighted by atomic mass is 32.2. The van der Waals surface area contributed by atoms with Crippen molar-refractivity contribution in [3.63, 3.8) is 0 Å². The molecule has 0 unspecified atom stereocenters. The van der Waals surface area contributed by atoms with E-state index in [9.17, 15) is 27.6 Å². The molecule has 3 amide bonds. The first-order valence-corrected chi connectivity index (χ1v) is 15.3. The van der Waals surface area contributed by atoms with Crippen LogP contribution in [0.15, 0.2) is 29.2 Å². The molecule has 0 spiro atoms. The third kappa shape index (κ3) is 6.13. The second-order valence-electron chi connectivity index (χ2n) is 9.35. The van der Waals surface area contributed by atoms with Crippen LogP contribution in [0.3, 0.4) is 0 Å². The Bertz CT molecular complexity index is 1400. The molecule has 40 heavy (non-hydrogen) atoms. The summed E-state index contributed by atoms with van der Waals surface area (Å²) in [5.41, 5.74) is 6.73. The number of carbonyl (C=O) groups is 4. The molecule has 14 heteroatoms. The molecule has 3 heterocycles.